The van der Waals surface area contributed by atoms with Crippen molar-refractivity contribution in [3.05, 3.63) is 0 Å². The van der Waals surface area contributed by atoms with Gasteiger partial charge in [0.1, 0.15) is 6.04 Å². The quantitative estimate of drug-likeness (QED) is 0.720. The molecule has 0 bridgehead atoms. The van der Waals surface area contributed by atoms with Gasteiger partial charge in [-0.1, -0.05) is 20.8 Å². The minimum absolute atomic E-state index is 0.0424. The fourth-order valence-electron chi connectivity index (χ4n) is 2.01. The van der Waals surface area contributed by atoms with Gasteiger partial charge in [-0.2, -0.15) is 0 Å². The van der Waals surface area contributed by atoms with Gasteiger partial charge >= 0.3 is 0 Å². The summed E-state index contributed by atoms with van der Waals surface area (Å²) in [6.07, 6.45) is 1.43. The van der Waals surface area contributed by atoms with Gasteiger partial charge in [0, 0.05) is 12.0 Å². The molecule has 102 valence electrons. The summed E-state index contributed by atoms with van der Waals surface area (Å²) in [6, 6.07) is -0.476. The second-order valence-electron chi connectivity index (χ2n) is 5.59. The summed E-state index contributed by atoms with van der Waals surface area (Å²) in [5, 5.41) is 2.45. The summed E-state index contributed by atoms with van der Waals surface area (Å²) in [7, 11) is 0. The topological polar surface area (TPSA) is 92.5 Å². The second-order valence-corrected chi connectivity index (χ2v) is 5.59. The third kappa shape index (κ3) is 3.45. The third-order valence-electron chi connectivity index (χ3n) is 2.89. The van der Waals surface area contributed by atoms with Crippen molar-refractivity contribution in [1.82, 2.24) is 10.2 Å². The van der Waals surface area contributed by atoms with Crippen molar-refractivity contribution < 1.29 is 14.4 Å². The second kappa shape index (κ2) is 5.37. The third-order valence-corrected chi connectivity index (χ3v) is 2.89. The van der Waals surface area contributed by atoms with Crippen molar-refractivity contribution >= 4 is 17.7 Å². The minimum atomic E-state index is -0.588. The van der Waals surface area contributed by atoms with E-state index in [0.717, 1.165) is 6.42 Å². The lowest BCUT2D eigenvalue weighted by atomic mass is 9.94. The largest absolute Gasteiger partial charge is 0.368 e. The number of rotatable bonds is 3. The molecule has 0 spiro atoms. The molecule has 1 aliphatic heterocycles. The lowest BCUT2D eigenvalue weighted by Crippen LogP contribution is -2.50. The zero-order chi connectivity index (χ0) is 13.9. The number of hydrogen-bond donors (Lipinski definition) is 2. The van der Waals surface area contributed by atoms with E-state index in [-0.39, 0.29) is 18.4 Å². The molecule has 1 heterocycles. The van der Waals surface area contributed by atoms with E-state index in [1.165, 1.54) is 0 Å². The first-order valence-corrected chi connectivity index (χ1v) is 6.10. The SMILES string of the molecule is CC(C)(C)C(=O)N1CCCC1C(=O)NCC(N)=O. The van der Waals surface area contributed by atoms with Crippen LogP contribution in [0.5, 0.6) is 0 Å². The molecule has 1 unspecified atom stereocenters. The first kappa shape index (κ1) is 14.5. The van der Waals surface area contributed by atoms with Gasteiger partial charge in [0.15, 0.2) is 0 Å². The first-order valence-electron chi connectivity index (χ1n) is 6.10. The van der Waals surface area contributed by atoms with Crippen LogP contribution in [0, 0.1) is 5.41 Å². The van der Waals surface area contributed by atoms with Crippen LogP contribution in [-0.4, -0.2) is 41.8 Å². The Labute approximate surface area is 107 Å². The molecule has 0 aromatic heterocycles. The standard InChI is InChI=1S/C12H21N3O3/c1-12(2,3)11(18)15-6-4-5-8(15)10(17)14-7-9(13)16/h8H,4-7H2,1-3H3,(H2,13,16)(H,14,17). The van der Waals surface area contributed by atoms with Crippen LogP contribution in [0.2, 0.25) is 0 Å². The van der Waals surface area contributed by atoms with Gasteiger partial charge in [-0.3, -0.25) is 14.4 Å². The average Bonchev–Trinajstić information content (AvgIpc) is 2.71. The molecule has 3 N–H and O–H groups in total. The maximum atomic E-state index is 12.2. The zero-order valence-corrected chi connectivity index (χ0v) is 11.2. The van der Waals surface area contributed by atoms with Crippen LogP contribution < -0.4 is 11.1 Å². The average molecular weight is 255 g/mol. The van der Waals surface area contributed by atoms with Crippen molar-refractivity contribution in [3.8, 4) is 0 Å². The highest BCUT2D eigenvalue weighted by Crippen LogP contribution is 2.25. The Morgan fingerprint density at radius 2 is 1.94 bits per heavy atom. The molecular formula is C12H21N3O3. The fraction of sp³-hybridized carbons (Fsp3) is 0.750. The predicted molar refractivity (Wildman–Crippen MR) is 66.4 cm³/mol. The van der Waals surface area contributed by atoms with Crippen molar-refractivity contribution in [2.45, 2.75) is 39.7 Å². The molecule has 0 radical (unpaired) electrons. The molecule has 6 nitrogen and oxygen atoms in total. The summed E-state index contributed by atoms with van der Waals surface area (Å²) >= 11 is 0. The summed E-state index contributed by atoms with van der Waals surface area (Å²) in [5.74, 6) is -0.932. The van der Waals surface area contributed by atoms with Gasteiger partial charge < -0.3 is 16.0 Å². The normalized spacial score (nSPS) is 19.7. The number of hydrogen-bond acceptors (Lipinski definition) is 3. The molecule has 0 aromatic rings. The Balaban J connectivity index is 2.67. The summed E-state index contributed by atoms with van der Waals surface area (Å²) in [5.41, 5.74) is 4.46. The van der Waals surface area contributed by atoms with Crippen LogP contribution in [0.25, 0.3) is 0 Å². The van der Waals surface area contributed by atoms with E-state index in [1.807, 2.05) is 20.8 Å². The molecule has 0 saturated carbocycles. The van der Waals surface area contributed by atoms with Gasteiger partial charge in [0.05, 0.1) is 6.54 Å². The van der Waals surface area contributed by atoms with Crippen LogP contribution >= 0.6 is 0 Å². The Morgan fingerprint density at radius 1 is 1.33 bits per heavy atom. The van der Waals surface area contributed by atoms with Crippen LogP contribution in [0.15, 0.2) is 0 Å². The highest BCUT2D eigenvalue weighted by Gasteiger charge is 2.38. The monoisotopic (exact) mass is 255 g/mol. The lowest BCUT2D eigenvalue weighted by molar-refractivity contribution is -0.144. The molecule has 1 atom stereocenters. The number of primary amides is 1. The van der Waals surface area contributed by atoms with Crippen molar-refractivity contribution in [2.24, 2.45) is 11.1 Å². The number of carbonyl (C=O) groups excluding carboxylic acids is 3. The Kier molecular flexibility index (Phi) is 4.32. The van der Waals surface area contributed by atoms with E-state index < -0.39 is 17.4 Å². The van der Waals surface area contributed by atoms with Gasteiger partial charge in [0.2, 0.25) is 17.7 Å². The smallest absolute Gasteiger partial charge is 0.243 e. The maximum Gasteiger partial charge on any atom is 0.243 e. The molecule has 1 aliphatic rings. The Morgan fingerprint density at radius 3 is 2.44 bits per heavy atom. The number of nitrogens with zero attached hydrogens (tertiary/aromatic N) is 1. The summed E-state index contributed by atoms with van der Waals surface area (Å²) in [6.45, 7) is 5.88. The van der Waals surface area contributed by atoms with E-state index in [1.54, 1.807) is 4.90 Å². The van der Waals surface area contributed by atoms with E-state index in [2.05, 4.69) is 5.32 Å². The van der Waals surface area contributed by atoms with E-state index >= 15 is 0 Å². The molecular weight excluding hydrogens is 234 g/mol. The Bertz CT molecular complexity index is 360. The van der Waals surface area contributed by atoms with Crippen molar-refractivity contribution in [3.63, 3.8) is 0 Å². The van der Waals surface area contributed by atoms with E-state index in [9.17, 15) is 14.4 Å². The van der Waals surface area contributed by atoms with Crippen LogP contribution in [0.1, 0.15) is 33.6 Å². The van der Waals surface area contributed by atoms with Gasteiger partial charge in [-0.05, 0) is 12.8 Å². The van der Waals surface area contributed by atoms with Gasteiger partial charge in [0.25, 0.3) is 0 Å². The Hall–Kier alpha value is -1.59. The van der Waals surface area contributed by atoms with E-state index in [0.29, 0.717) is 13.0 Å². The number of nitrogens with two attached hydrogens (primary N) is 1. The number of nitrogens with one attached hydrogen (secondary N) is 1. The molecule has 1 fully saturated rings. The predicted octanol–water partition coefficient (Wildman–Crippen LogP) is -0.375. The maximum absolute atomic E-state index is 12.2. The van der Waals surface area contributed by atoms with Crippen LogP contribution in [0.3, 0.4) is 0 Å². The molecule has 3 amide bonds. The molecule has 0 aromatic carbocycles. The molecule has 0 aliphatic carbocycles. The van der Waals surface area contributed by atoms with Crippen molar-refractivity contribution in [2.75, 3.05) is 13.1 Å². The number of carbonyl (C=O) groups is 3. The zero-order valence-electron chi connectivity index (χ0n) is 11.2. The molecule has 1 saturated heterocycles. The highest BCUT2D eigenvalue weighted by atomic mass is 16.2. The summed E-state index contributed by atoms with van der Waals surface area (Å²) < 4.78 is 0. The van der Waals surface area contributed by atoms with Gasteiger partial charge in [-0.25, -0.2) is 0 Å². The highest BCUT2D eigenvalue weighted by molar-refractivity contribution is 5.91. The van der Waals surface area contributed by atoms with Crippen LogP contribution in [0.4, 0.5) is 0 Å². The molecule has 1 rings (SSSR count). The minimum Gasteiger partial charge on any atom is -0.368 e. The molecule has 6 heteroatoms. The fourth-order valence-corrected chi connectivity index (χ4v) is 2.01. The van der Waals surface area contributed by atoms with E-state index in [4.69, 9.17) is 5.73 Å². The van der Waals surface area contributed by atoms with Crippen LogP contribution in [-0.2, 0) is 14.4 Å². The van der Waals surface area contributed by atoms with Gasteiger partial charge in [-0.15, -0.1) is 0 Å². The summed E-state index contributed by atoms with van der Waals surface area (Å²) in [4.78, 5) is 36.3. The number of amides is 3. The molecule has 18 heavy (non-hydrogen) atoms. The number of likely N-dealkylation sites (tertiary alicyclic amines) is 1. The van der Waals surface area contributed by atoms with Crippen molar-refractivity contribution in [1.29, 1.82) is 0 Å². The first-order chi connectivity index (χ1) is 8.23. The lowest BCUT2D eigenvalue weighted by Gasteiger charge is -2.30.